The minimum atomic E-state index is -0.0257. The molecule has 3 rings (SSSR count). The molecular weight excluding hydrogens is 336 g/mol. The molecule has 2 aromatic rings. The molecule has 1 aromatic heterocycles. The number of carbonyl (C=O) groups is 1. The Hall–Kier alpha value is -2.54. The zero-order valence-electron chi connectivity index (χ0n) is 15.1. The number of oxazole rings is 1. The van der Waals surface area contributed by atoms with Gasteiger partial charge in [-0.05, 0) is 25.0 Å². The summed E-state index contributed by atoms with van der Waals surface area (Å²) >= 11 is 0. The molecule has 7 heteroatoms. The minimum absolute atomic E-state index is 0.0257. The number of nitrogens with zero attached hydrogens (tertiary/aromatic N) is 1. The lowest BCUT2D eigenvalue weighted by Gasteiger charge is -2.10. The van der Waals surface area contributed by atoms with Crippen LogP contribution in [0.2, 0.25) is 0 Å². The Balaban J connectivity index is 1.55. The van der Waals surface area contributed by atoms with E-state index in [2.05, 4.69) is 10.3 Å². The number of nitrogens with one attached hydrogen (secondary N) is 1. The van der Waals surface area contributed by atoms with Crippen LogP contribution in [0.1, 0.15) is 25.2 Å². The second-order valence-corrected chi connectivity index (χ2v) is 6.12. The van der Waals surface area contributed by atoms with Gasteiger partial charge in [0.25, 0.3) is 0 Å². The van der Waals surface area contributed by atoms with Gasteiger partial charge in [-0.2, -0.15) is 0 Å². The van der Waals surface area contributed by atoms with Crippen LogP contribution in [0.15, 0.2) is 28.8 Å². The lowest BCUT2D eigenvalue weighted by molar-refractivity contribution is -0.121. The highest BCUT2D eigenvalue weighted by Crippen LogP contribution is 2.33. The maximum absolute atomic E-state index is 12.0. The normalized spacial score (nSPS) is 16.5. The number of benzene rings is 1. The summed E-state index contributed by atoms with van der Waals surface area (Å²) in [5, 5.41) is 2.90. The number of aromatic nitrogens is 1. The van der Waals surface area contributed by atoms with E-state index in [0.29, 0.717) is 42.5 Å². The van der Waals surface area contributed by atoms with E-state index in [4.69, 9.17) is 18.6 Å². The molecule has 0 bridgehead atoms. The molecule has 1 atom stereocenters. The van der Waals surface area contributed by atoms with Crippen molar-refractivity contribution in [2.24, 2.45) is 0 Å². The molecule has 2 heterocycles. The first-order chi connectivity index (χ1) is 12.7. The van der Waals surface area contributed by atoms with E-state index in [1.807, 2.05) is 12.1 Å². The van der Waals surface area contributed by atoms with Crippen molar-refractivity contribution in [1.29, 1.82) is 0 Å². The summed E-state index contributed by atoms with van der Waals surface area (Å²) in [5.41, 5.74) is 0.787. The Morgan fingerprint density at radius 2 is 2.23 bits per heavy atom. The molecule has 1 aliphatic heterocycles. The van der Waals surface area contributed by atoms with Crippen LogP contribution in [0.4, 0.5) is 0 Å². The second kappa shape index (κ2) is 8.71. The van der Waals surface area contributed by atoms with Crippen molar-refractivity contribution < 1.29 is 23.4 Å². The number of hydrogen-bond acceptors (Lipinski definition) is 6. The Morgan fingerprint density at radius 3 is 2.96 bits per heavy atom. The lowest BCUT2D eigenvalue weighted by Crippen LogP contribution is -2.31. The van der Waals surface area contributed by atoms with Gasteiger partial charge in [0.05, 0.1) is 32.1 Å². The molecule has 26 heavy (non-hydrogen) atoms. The molecule has 0 saturated carbocycles. The van der Waals surface area contributed by atoms with Crippen LogP contribution in [0, 0.1) is 0 Å². The summed E-state index contributed by atoms with van der Waals surface area (Å²) in [6.45, 7) is 1.35. The predicted octanol–water partition coefficient (Wildman–Crippen LogP) is 2.59. The van der Waals surface area contributed by atoms with E-state index in [9.17, 15) is 4.79 Å². The van der Waals surface area contributed by atoms with Gasteiger partial charge in [-0.25, -0.2) is 4.98 Å². The SMILES string of the molecule is COc1ccc(-c2cnc(CCC(=O)NC[C@@H]3CCCO3)o2)c(OC)c1. The standard InChI is InChI=1S/C19H24N2O5/c1-23-13-5-6-15(16(10-13)24-2)17-12-21-19(26-17)8-7-18(22)20-11-14-4-3-9-25-14/h5-6,10,12,14H,3-4,7-9,11H2,1-2H3,(H,20,22)/t14-/m0/s1. The minimum Gasteiger partial charge on any atom is -0.497 e. The van der Waals surface area contributed by atoms with E-state index in [-0.39, 0.29) is 12.0 Å². The van der Waals surface area contributed by atoms with Crippen molar-refractivity contribution in [2.75, 3.05) is 27.4 Å². The predicted molar refractivity (Wildman–Crippen MR) is 95.3 cm³/mol. The average molecular weight is 360 g/mol. The van der Waals surface area contributed by atoms with Crippen LogP contribution in [0.3, 0.4) is 0 Å². The molecular formula is C19H24N2O5. The fraction of sp³-hybridized carbons (Fsp3) is 0.474. The molecule has 1 saturated heterocycles. The fourth-order valence-electron chi connectivity index (χ4n) is 2.89. The molecule has 1 N–H and O–H groups in total. The van der Waals surface area contributed by atoms with Crippen LogP contribution in [0.5, 0.6) is 11.5 Å². The van der Waals surface area contributed by atoms with Crippen LogP contribution in [-0.2, 0) is 16.0 Å². The molecule has 1 amide bonds. The van der Waals surface area contributed by atoms with Gasteiger partial charge in [0.15, 0.2) is 11.7 Å². The number of carbonyl (C=O) groups excluding carboxylic acids is 1. The third kappa shape index (κ3) is 4.54. The summed E-state index contributed by atoms with van der Waals surface area (Å²) in [4.78, 5) is 16.2. The number of rotatable bonds is 8. The number of amides is 1. The third-order valence-corrected chi connectivity index (χ3v) is 4.34. The van der Waals surface area contributed by atoms with E-state index < -0.39 is 0 Å². The number of hydrogen-bond donors (Lipinski definition) is 1. The Kier molecular flexibility index (Phi) is 6.12. The maximum atomic E-state index is 12.0. The van der Waals surface area contributed by atoms with E-state index in [0.717, 1.165) is 25.0 Å². The van der Waals surface area contributed by atoms with Gasteiger partial charge in [0.2, 0.25) is 5.91 Å². The molecule has 1 aliphatic rings. The summed E-state index contributed by atoms with van der Waals surface area (Å²) in [7, 11) is 3.19. The largest absolute Gasteiger partial charge is 0.497 e. The van der Waals surface area contributed by atoms with Gasteiger partial charge in [-0.1, -0.05) is 0 Å². The fourth-order valence-corrected chi connectivity index (χ4v) is 2.89. The maximum Gasteiger partial charge on any atom is 0.220 e. The summed E-state index contributed by atoms with van der Waals surface area (Å²) in [6, 6.07) is 5.48. The van der Waals surface area contributed by atoms with Gasteiger partial charge in [-0.15, -0.1) is 0 Å². The topological polar surface area (TPSA) is 82.8 Å². The van der Waals surface area contributed by atoms with E-state index in [1.54, 1.807) is 26.5 Å². The Morgan fingerprint density at radius 1 is 1.35 bits per heavy atom. The molecule has 7 nitrogen and oxygen atoms in total. The highest BCUT2D eigenvalue weighted by Gasteiger charge is 2.17. The molecule has 1 aromatic carbocycles. The molecule has 0 aliphatic carbocycles. The molecule has 140 valence electrons. The van der Waals surface area contributed by atoms with Crippen molar-refractivity contribution in [3.8, 4) is 22.8 Å². The average Bonchev–Trinajstić information content (AvgIpc) is 3.36. The molecule has 0 radical (unpaired) electrons. The Labute approximate surface area is 152 Å². The van der Waals surface area contributed by atoms with Crippen molar-refractivity contribution in [3.05, 3.63) is 30.3 Å². The van der Waals surface area contributed by atoms with Crippen molar-refractivity contribution in [1.82, 2.24) is 10.3 Å². The zero-order valence-corrected chi connectivity index (χ0v) is 15.1. The number of aryl methyl sites for hydroxylation is 1. The Bertz CT molecular complexity index is 737. The van der Waals surface area contributed by atoms with Crippen LogP contribution >= 0.6 is 0 Å². The summed E-state index contributed by atoms with van der Waals surface area (Å²) in [6.07, 6.45) is 4.63. The van der Waals surface area contributed by atoms with Crippen LogP contribution in [0.25, 0.3) is 11.3 Å². The van der Waals surface area contributed by atoms with E-state index >= 15 is 0 Å². The van der Waals surface area contributed by atoms with Gasteiger partial charge in [0, 0.05) is 32.1 Å². The summed E-state index contributed by atoms with van der Waals surface area (Å²) < 4.78 is 21.9. The smallest absolute Gasteiger partial charge is 0.220 e. The van der Waals surface area contributed by atoms with E-state index in [1.165, 1.54) is 0 Å². The monoisotopic (exact) mass is 360 g/mol. The highest BCUT2D eigenvalue weighted by atomic mass is 16.5. The highest BCUT2D eigenvalue weighted by molar-refractivity contribution is 5.76. The van der Waals surface area contributed by atoms with Crippen molar-refractivity contribution in [2.45, 2.75) is 31.8 Å². The molecule has 0 unspecified atom stereocenters. The van der Waals surface area contributed by atoms with Gasteiger partial charge in [0.1, 0.15) is 11.5 Å². The van der Waals surface area contributed by atoms with Gasteiger partial charge < -0.3 is 23.9 Å². The quantitative estimate of drug-likeness (QED) is 0.779. The van der Waals surface area contributed by atoms with Crippen molar-refractivity contribution in [3.63, 3.8) is 0 Å². The molecule has 1 fully saturated rings. The van der Waals surface area contributed by atoms with Gasteiger partial charge >= 0.3 is 0 Å². The lowest BCUT2D eigenvalue weighted by atomic mass is 10.1. The molecule has 0 spiro atoms. The number of methoxy groups -OCH3 is 2. The second-order valence-electron chi connectivity index (χ2n) is 6.12. The van der Waals surface area contributed by atoms with Crippen molar-refractivity contribution >= 4 is 5.91 Å². The number of ether oxygens (including phenoxy) is 3. The van der Waals surface area contributed by atoms with Crippen LogP contribution in [-0.4, -0.2) is 44.4 Å². The van der Waals surface area contributed by atoms with Crippen LogP contribution < -0.4 is 14.8 Å². The first kappa shape index (κ1) is 18.3. The summed E-state index contributed by atoms with van der Waals surface area (Å²) in [5.74, 6) is 2.43. The zero-order chi connectivity index (χ0) is 18.4. The first-order valence-corrected chi connectivity index (χ1v) is 8.75. The first-order valence-electron chi connectivity index (χ1n) is 8.75. The third-order valence-electron chi connectivity index (χ3n) is 4.34. The van der Waals surface area contributed by atoms with Gasteiger partial charge in [-0.3, -0.25) is 4.79 Å².